The third-order valence-corrected chi connectivity index (χ3v) is 8.08. The van der Waals surface area contributed by atoms with Gasteiger partial charge in [0, 0.05) is 30.5 Å². The number of amides is 1. The van der Waals surface area contributed by atoms with E-state index in [4.69, 9.17) is 42.5 Å². The molecular formula is C31H33Cl2F3N4O8P+. The molecule has 0 aliphatic carbocycles. The van der Waals surface area contributed by atoms with Crippen molar-refractivity contribution in [3.63, 3.8) is 0 Å². The molecule has 0 saturated carbocycles. The number of anilines is 1. The van der Waals surface area contributed by atoms with Crippen molar-refractivity contribution in [1.82, 2.24) is 10.3 Å². The summed E-state index contributed by atoms with van der Waals surface area (Å²) in [6.07, 6.45) is -3.46. The molecular weight excluding hydrogens is 715 g/mol. The maximum atomic E-state index is 14.6. The smallest absolute Gasteiger partial charge is 0.477 e. The van der Waals surface area contributed by atoms with Crippen molar-refractivity contribution in [3.05, 3.63) is 87.3 Å². The van der Waals surface area contributed by atoms with Crippen LogP contribution in [0.5, 0.6) is 11.5 Å². The zero-order valence-electron chi connectivity index (χ0n) is 26.5. The number of pyridine rings is 2. The van der Waals surface area contributed by atoms with Gasteiger partial charge in [0.05, 0.1) is 45.5 Å². The van der Waals surface area contributed by atoms with Crippen LogP contribution in [0.3, 0.4) is 0 Å². The standard InChI is InChI=1S/C31H32Cl2F3N4O8P/c1-30(2,3)38-14-23(41)17-5-6-18(25(11-17)47-16-48-49(43,44)45)15-40-26(31(34,35)36)10-8-19-20(7-9-24(46-4)28(19)40)29(42)39-27-21(32)12-37-13-22(27)33/h5-13,23,38,41H,14-16H2,1-4H3,(H2-,37,39,42,43,44,45)/p+1. The SMILES string of the molecule is COc1ccc(C(=O)Nc2c(Cl)cncc2Cl)c2ccc(C(F)(F)F)[n+](Cc3ccc(C(O)CNC(C)(C)C)cc3OCOP(=O)(O)O)c12. The van der Waals surface area contributed by atoms with E-state index in [9.17, 15) is 27.6 Å². The number of alkyl halides is 3. The molecule has 0 aliphatic rings. The molecule has 4 aromatic rings. The summed E-state index contributed by atoms with van der Waals surface area (Å²) in [7, 11) is -3.72. The fourth-order valence-corrected chi connectivity index (χ4v) is 5.44. The molecule has 0 bridgehead atoms. The Morgan fingerprint density at radius 1 is 1.04 bits per heavy atom. The van der Waals surface area contributed by atoms with Gasteiger partial charge < -0.3 is 35.0 Å². The summed E-state index contributed by atoms with van der Waals surface area (Å²) >= 11 is 12.3. The van der Waals surface area contributed by atoms with E-state index in [1.165, 1.54) is 49.8 Å². The first-order valence-electron chi connectivity index (χ1n) is 14.4. The van der Waals surface area contributed by atoms with Crippen molar-refractivity contribution in [3.8, 4) is 11.5 Å². The number of fused-ring (bicyclic) bond motifs is 1. The van der Waals surface area contributed by atoms with Crippen molar-refractivity contribution >= 4 is 53.5 Å². The summed E-state index contributed by atoms with van der Waals surface area (Å²) in [6, 6.07) is 8.87. The van der Waals surface area contributed by atoms with E-state index in [1.54, 1.807) is 0 Å². The molecule has 4 rings (SSSR count). The number of aliphatic hydroxyl groups excluding tert-OH is 1. The number of nitrogens with zero attached hydrogens (tertiary/aromatic N) is 2. The van der Waals surface area contributed by atoms with E-state index in [0.717, 1.165) is 16.7 Å². The van der Waals surface area contributed by atoms with Gasteiger partial charge in [-0.05, 0) is 56.7 Å². The molecule has 0 fully saturated rings. The predicted molar refractivity (Wildman–Crippen MR) is 175 cm³/mol. The Kier molecular flexibility index (Phi) is 11.8. The molecule has 18 heteroatoms. The van der Waals surface area contributed by atoms with Gasteiger partial charge in [0.15, 0.2) is 19.1 Å². The largest absolute Gasteiger partial charge is 0.490 e. The maximum absolute atomic E-state index is 14.6. The van der Waals surface area contributed by atoms with Crippen LogP contribution in [0.2, 0.25) is 10.0 Å². The van der Waals surface area contributed by atoms with Crippen LogP contribution in [-0.4, -0.2) is 51.8 Å². The van der Waals surface area contributed by atoms with E-state index >= 15 is 0 Å². The first-order chi connectivity index (χ1) is 22.8. The molecule has 0 spiro atoms. The monoisotopic (exact) mass is 747 g/mol. The van der Waals surface area contributed by atoms with Crippen LogP contribution in [0, 0.1) is 0 Å². The predicted octanol–water partition coefficient (Wildman–Crippen LogP) is 6.02. The third-order valence-electron chi connectivity index (χ3n) is 7.06. The Balaban J connectivity index is 1.87. The highest BCUT2D eigenvalue weighted by Crippen LogP contribution is 2.37. The van der Waals surface area contributed by atoms with Gasteiger partial charge in [0.25, 0.3) is 17.1 Å². The van der Waals surface area contributed by atoms with Gasteiger partial charge in [-0.3, -0.25) is 9.78 Å². The van der Waals surface area contributed by atoms with Crippen molar-refractivity contribution in [2.75, 3.05) is 25.8 Å². The number of phosphoric acid groups is 1. The molecule has 5 N–H and O–H groups in total. The molecule has 12 nitrogen and oxygen atoms in total. The maximum Gasteiger partial charge on any atom is 0.477 e. The van der Waals surface area contributed by atoms with Crippen LogP contribution in [0.1, 0.15) is 54.1 Å². The number of nitrogens with one attached hydrogen (secondary N) is 2. The van der Waals surface area contributed by atoms with E-state index in [1.807, 2.05) is 20.8 Å². The van der Waals surface area contributed by atoms with E-state index in [0.29, 0.717) is 5.56 Å². The number of carbonyl (C=O) groups is 1. The molecule has 1 atom stereocenters. The first kappa shape index (κ1) is 38.3. The minimum atomic E-state index is -4.98. The first-order valence-corrected chi connectivity index (χ1v) is 16.7. The highest BCUT2D eigenvalue weighted by atomic mass is 35.5. The molecule has 49 heavy (non-hydrogen) atoms. The van der Waals surface area contributed by atoms with Crippen LogP contribution < -0.4 is 24.7 Å². The summed E-state index contributed by atoms with van der Waals surface area (Å²) in [5, 5.41) is 16.7. The lowest BCUT2D eigenvalue weighted by atomic mass is 10.0. The zero-order valence-corrected chi connectivity index (χ0v) is 28.9. The summed E-state index contributed by atoms with van der Waals surface area (Å²) in [5.41, 5.74) is -1.17. The summed E-state index contributed by atoms with van der Waals surface area (Å²) in [5.74, 6) is -0.881. The Morgan fingerprint density at radius 3 is 2.31 bits per heavy atom. The second-order valence-corrected chi connectivity index (χ2v) is 13.8. The van der Waals surface area contributed by atoms with Crippen molar-refractivity contribution in [1.29, 1.82) is 0 Å². The van der Waals surface area contributed by atoms with Gasteiger partial charge in [0.1, 0.15) is 5.75 Å². The lowest BCUT2D eigenvalue weighted by Crippen LogP contribution is -2.44. The number of carbonyl (C=O) groups excluding carboxylic acids is 1. The minimum absolute atomic E-state index is 0.00905. The Morgan fingerprint density at radius 2 is 1.71 bits per heavy atom. The third kappa shape index (κ3) is 9.80. The number of hydrogen-bond acceptors (Lipinski definition) is 8. The Hall–Kier alpha value is -3.53. The average molecular weight is 748 g/mol. The number of benzene rings is 2. The van der Waals surface area contributed by atoms with Gasteiger partial charge in [0.2, 0.25) is 0 Å². The number of aliphatic hydroxyl groups is 1. The number of ether oxygens (including phenoxy) is 2. The van der Waals surface area contributed by atoms with Crippen LogP contribution in [0.4, 0.5) is 18.9 Å². The van der Waals surface area contributed by atoms with Gasteiger partial charge in [-0.25, -0.2) is 9.09 Å². The van der Waals surface area contributed by atoms with Crippen LogP contribution in [0.15, 0.2) is 54.9 Å². The Bertz CT molecular complexity index is 1880. The lowest BCUT2D eigenvalue weighted by Gasteiger charge is -2.23. The lowest BCUT2D eigenvalue weighted by molar-refractivity contribution is -0.682. The molecule has 2 aromatic heterocycles. The van der Waals surface area contributed by atoms with Crippen LogP contribution in [-0.2, 0) is 21.8 Å². The number of rotatable bonds is 12. The number of β-amino-alcohol motifs (C(OH)–C–C–N with tert-alkyl or cyclic N) is 1. The van der Waals surface area contributed by atoms with E-state index < -0.39 is 45.0 Å². The second-order valence-electron chi connectivity index (χ2n) is 11.7. The Labute approximate surface area is 289 Å². The quantitative estimate of drug-likeness (QED) is 0.0658. The van der Waals surface area contributed by atoms with Crippen LogP contribution >= 0.6 is 31.0 Å². The highest BCUT2D eigenvalue weighted by molar-refractivity contribution is 7.46. The summed E-state index contributed by atoms with van der Waals surface area (Å²) < 4.78 is 71.3. The van der Waals surface area contributed by atoms with Gasteiger partial charge >= 0.3 is 14.0 Å². The summed E-state index contributed by atoms with van der Waals surface area (Å²) in [4.78, 5) is 35.6. The van der Waals surface area contributed by atoms with Gasteiger partial charge in [-0.1, -0.05) is 29.3 Å². The number of methoxy groups -OCH3 is 1. The van der Waals surface area contributed by atoms with Crippen molar-refractivity contribution in [2.45, 2.75) is 45.1 Å². The zero-order chi connectivity index (χ0) is 36.3. The number of aromatic nitrogens is 2. The second kappa shape index (κ2) is 15.2. The molecule has 264 valence electrons. The van der Waals surface area contributed by atoms with Gasteiger partial charge in [-0.2, -0.15) is 17.7 Å². The molecule has 1 unspecified atom stereocenters. The molecule has 2 aromatic carbocycles. The number of halogens is 5. The molecule has 0 radical (unpaired) electrons. The minimum Gasteiger partial charge on any atom is -0.490 e. The highest BCUT2D eigenvalue weighted by Gasteiger charge is 2.43. The fourth-order valence-electron chi connectivity index (χ4n) is 4.79. The topological polar surface area (TPSA) is 163 Å². The molecule has 0 aliphatic heterocycles. The van der Waals surface area contributed by atoms with Crippen LogP contribution in [0.25, 0.3) is 10.9 Å². The van der Waals surface area contributed by atoms with E-state index in [-0.39, 0.29) is 61.3 Å². The number of phosphoric ester groups is 1. The van der Waals surface area contributed by atoms with Crippen molar-refractivity contribution in [2.24, 2.45) is 0 Å². The average Bonchev–Trinajstić information content (AvgIpc) is 3.00. The summed E-state index contributed by atoms with van der Waals surface area (Å²) in [6.45, 7) is 4.28. The van der Waals surface area contributed by atoms with E-state index in [2.05, 4.69) is 20.1 Å². The normalized spacial score (nSPS) is 13.0. The fraction of sp³-hybridized carbons (Fsp3) is 0.323. The van der Waals surface area contributed by atoms with Crippen molar-refractivity contribution < 1.29 is 56.0 Å². The molecule has 2 heterocycles. The molecule has 1 amide bonds. The molecule has 0 saturated heterocycles. The van der Waals surface area contributed by atoms with Gasteiger partial charge in [-0.15, -0.1) is 0 Å². The number of hydrogen-bond donors (Lipinski definition) is 5.